The average molecular weight is 406 g/mol. The van der Waals surface area contributed by atoms with Crippen LogP contribution in [0, 0.1) is 34.6 Å². The number of likely N-dealkylation sites (N-methyl/N-ethyl adjacent to an activating group) is 1. The predicted octanol–water partition coefficient (Wildman–Crippen LogP) is 2.04. The van der Waals surface area contributed by atoms with Gasteiger partial charge in [0.2, 0.25) is 15.9 Å². The molecule has 0 radical (unpaired) electrons. The van der Waals surface area contributed by atoms with Gasteiger partial charge in [-0.05, 0) is 76.4 Å². The van der Waals surface area contributed by atoms with Crippen LogP contribution in [0.4, 0.5) is 0 Å². The lowest BCUT2D eigenvalue weighted by Crippen LogP contribution is -2.38. The highest BCUT2D eigenvalue weighted by Gasteiger charge is 2.23. The molecule has 1 aromatic rings. The van der Waals surface area contributed by atoms with Crippen LogP contribution in [0.25, 0.3) is 0 Å². The number of carbonyl (C=O) groups is 1. The van der Waals surface area contributed by atoms with E-state index in [9.17, 15) is 13.2 Å². The monoisotopic (exact) mass is 405 g/mol. The molecule has 26 heavy (non-hydrogen) atoms. The second-order valence-electron chi connectivity index (χ2n) is 6.60. The van der Waals surface area contributed by atoms with E-state index in [1.165, 1.54) is 0 Å². The third-order valence-corrected chi connectivity index (χ3v) is 6.68. The third kappa shape index (κ3) is 5.94. The molecular formula is C18H32ClN3O3S. The van der Waals surface area contributed by atoms with Gasteiger partial charge < -0.3 is 10.6 Å². The molecule has 0 fully saturated rings. The summed E-state index contributed by atoms with van der Waals surface area (Å²) in [4.78, 5) is 12.1. The maximum Gasteiger partial charge on any atom is 0.241 e. The predicted molar refractivity (Wildman–Crippen MR) is 109 cm³/mol. The normalized spacial score (nSPS) is 12.4. The molecule has 1 atom stereocenters. The molecule has 0 bridgehead atoms. The first-order valence-corrected chi connectivity index (χ1v) is 10.0. The number of hydrogen-bond acceptors (Lipinski definition) is 4. The van der Waals surface area contributed by atoms with E-state index in [0.29, 0.717) is 11.4 Å². The van der Waals surface area contributed by atoms with Crippen molar-refractivity contribution in [2.75, 3.05) is 20.1 Å². The topological polar surface area (TPSA) is 87.3 Å². The van der Waals surface area contributed by atoms with Gasteiger partial charge in [-0.3, -0.25) is 4.79 Å². The van der Waals surface area contributed by atoms with Crippen LogP contribution < -0.4 is 15.4 Å². The zero-order valence-corrected chi connectivity index (χ0v) is 18.4. The van der Waals surface area contributed by atoms with Gasteiger partial charge in [0.1, 0.15) is 0 Å². The van der Waals surface area contributed by atoms with Gasteiger partial charge in [-0.1, -0.05) is 0 Å². The molecule has 150 valence electrons. The van der Waals surface area contributed by atoms with E-state index in [0.717, 1.165) is 27.8 Å². The molecular weight excluding hydrogens is 374 g/mol. The van der Waals surface area contributed by atoms with E-state index in [-0.39, 0.29) is 37.3 Å². The summed E-state index contributed by atoms with van der Waals surface area (Å²) < 4.78 is 28.0. The van der Waals surface area contributed by atoms with Crippen LogP contribution in [0.15, 0.2) is 4.90 Å². The molecule has 1 unspecified atom stereocenters. The van der Waals surface area contributed by atoms with Gasteiger partial charge in [0, 0.05) is 25.6 Å². The molecule has 0 aliphatic carbocycles. The minimum Gasteiger partial charge on any atom is -0.355 e. The number of carbonyl (C=O) groups excluding carboxylic acids is 1. The first-order valence-electron chi connectivity index (χ1n) is 8.53. The Labute approximate surface area is 164 Å². The number of benzene rings is 1. The Bertz CT molecular complexity index is 720. The molecule has 1 rings (SSSR count). The number of halogens is 1. The van der Waals surface area contributed by atoms with Crippen molar-refractivity contribution >= 4 is 28.3 Å². The van der Waals surface area contributed by atoms with Gasteiger partial charge in [0.25, 0.3) is 0 Å². The average Bonchev–Trinajstić information content (AvgIpc) is 2.55. The molecule has 3 N–H and O–H groups in total. The van der Waals surface area contributed by atoms with E-state index in [1.807, 2.05) is 48.6 Å². The molecule has 0 heterocycles. The highest BCUT2D eigenvalue weighted by molar-refractivity contribution is 7.89. The Hall–Kier alpha value is -1.15. The van der Waals surface area contributed by atoms with Gasteiger partial charge in [-0.15, -0.1) is 12.4 Å². The lowest BCUT2D eigenvalue weighted by atomic mass is 9.95. The van der Waals surface area contributed by atoms with Gasteiger partial charge in [0.05, 0.1) is 4.90 Å². The van der Waals surface area contributed by atoms with Crippen LogP contribution in [0.3, 0.4) is 0 Å². The van der Waals surface area contributed by atoms with Crippen molar-refractivity contribution < 1.29 is 13.2 Å². The van der Waals surface area contributed by atoms with Crippen molar-refractivity contribution in [2.24, 2.45) is 0 Å². The largest absolute Gasteiger partial charge is 0.355 e. The molecule has 1 amide bonds. The molecule has 0 spiro atoms. The Morgan fingerprint density at radius 2 is 1.42 bits per heavy atom. The van der Waals surface area contributed by atoms with E-state index in [1.54, 1.807) is 0 Å². The first kappa shape index (κ1) is 24.8. The number of sulfonamides is 1. The Morgan fingerprint density at radius 3 is 1.88 bits per heavy atom. The van der Waals surface area contributed by atoms with Gasteiger partial charge in [0.15, 0.2) is 0 Å². The summed E-state index contributed by atoms with van der Waals surface area (Å²) in [6.07, 6.45) is 0.109. The van der Waals surface area contributed by atoms with Crippen molar-refractivity contribution in [1.82, 2.24) is 15.4 Å². The molecule has 0 aromatic heterocycles. The van der Waals surface area contributed by atoms with E-state index >= 15 is 0 Å². The van der Waals surface area contributed by atoms with Crippen LogP contribution in [0.1, 0.15) is 41.2 Å². The third-order valence-electron chi connectivity index (χ3n) is 4.94. The Balaban J connectivity index is 0.00000625. The molecule has 1 aromatic carbocycles. The SMILES string of the molecule is CNC(C)CNC(=O)CCNS(=O)(=O)c1c(C)c(C)c(C)c(C)c1C.Cl. The van der Waals surface area contributed by atoms with Crippen molar-refractivity contribution in [1.29, 1.82) is 0 Å². The van der Waals surface area contributed by atoms with Crippen molar-refractivity contribution in [3.8, 4) is 0 Å². The van der Waals surface area contributed by atoms with E-state index in [2.05, 4.69) is 15.4 Å². The van der Waals surface area contributed by atoms with Gasteiger partial charge >= 0.3 is 0 Å². The fourth-order valence-corrected chi connectivity index (χ4v) is 4.32. The standard InChI is InChI=1S/C18H31N3O3S.ClH/c1-11(19-7)10-20-17(22)8-9-21-25(23,24)18-15(5)13(3)12(2)14(4)16(18)6;/h11,19,21H,8-10H2,1-7H3,(H,20,22);1H. The molecule has 0 saturated carbocycles. The smallest absolute Gasteiger partial charge is 0.241 e. The summed E-state index contributed by atoms with van der Waals surface area (Å²) in [5.74, 6) is -0.172. The maximum absolute atomic E-state index is 12.7. The first-order chi connectivity index (χ1) is 11.5. The second kappa shape index (κ2) is 10.3. The van der Waals surface area contributed by atoms with Crippen molar-refractivity contribution in [3.63, 3.8) is 0 Å². The number of hydrogen-bond donors (Lipinski definition) is 3. The molecule has 0 aliphatic rings. The van der Waals surface area contributed by atoms with E-state index < -0.39 is 10.0 Å². The lowest BCUT2D eigenvalue weighted by molar-refractivity contribution is -0.121. The fraction of sp³-hybridized carbons (Fsp3) is 0.611. The molecule has 0 aliphatic heterocycles. The summed E-state index contributed by atoms with van der Waals surface area (Å²) in [5, 5.41) is 5.79. The quantitative estimate of drug-likeness (QED) is 0.617. The Morgan fingerprint density at radius 1 is 0.962 bits per heavy atom. The number of rotatable bonds is 8. The van der Waals surface area contributed by atoms with Gasteiger partial charge in [-0.25, -0.2) is 13.1 Å². The fourth-order valence-electron chi connectivity index (χ4n) is 2.70. The summed E-state index contributed by atoms with van der Waals surface area (Å²) in [5.41, 5.74) is 4.62. The van der Waals surface area contributed by atoms with Crippen LogP contribution in [-0.4, -0.2) is 40.5 Å². The molecule has 6 nitrogen and oxygen atoms in total. The maximum atomic E-state index is 12.7. The lowest BCUT2D eigenvalue weighted by Gasteiger charge is -2.19. The van der Waals surface area contributed by atoms with Crippen molar-refractivity contribution in [3.05, 3.63) is 27.8 Å². The second-order valence-corrected chi connectivity index (χ2v) is 8.30. The summed E-state index contributed by atoms with van der Waals surface area (Å²) >= 11 is 0. The van der Waals surface area contributed by atoms with Crippen molar-refractivity contribution in [2.45, 2.75) is 58.9 Å². The summed E-state index contributed by atoms with van der Waals surface area (Å²) in [6.45, 7) is 12.1. The number of amides is 1. The van der Waals surface area contributed by atoms with Crippen LogP contribution in [0.2, 0.25) is 0 Å². The molecule has 0 saturated heterocycles. The number of nitrogens with one attached hydrogen (secondary N) is 3. The Kier molecular flexibility index (Phi) is 9.80. The summed E-state index contributed by atoms with van der Waals surface area (Å²) in [7, 11) is -1.84. The highest BCUT2D eigenvalue weighted by atomic mass is 35.5. The summed E-state index contributed by atoms with van der Waals surface area (Å²) in [6, 6.07) is 0.171. The highest BCUT2D eigenvalue weighted by Crippen LogP contribution is 2.29. The molecule has 8 heteroatoms. The van der Waals surface area contributed by atoms with E-state index in [4.69, 9.17) is 0 Å². The minimum atomic E-state index is -3.66. The van der Waals surface area contributed by atoms with Crippen LogP contribution >= 0.6 is 12.4 Å². The minimum absolute atomic E-state index is 0. The van der Waals surface area contributed by atoms with Gasteiger partial charge in [-0.2, -0.15) is 0 Å². The zero-order valence-electron chi connectivity index (χ0n) is 16.7. The van der Waals surface area contributed by atoms with Crippen LogP contribution in [-0.2, 0) is 14.8 Å². The van der Waals surface area contributed by atoms with Crippen LogP contribution in [0.5, 0.6) is 0 Å². The zero-order chi connectivity index (χ0) is 19.4.